The summed E-state index contributed by atoms with van der Waals surface area (Å²) in [7, 11) is 0. The van der Waals surface area contributed by atoms with Crippen molar-refractivity contribution < 1.29 is 9.59 Å². The first-order valence-corrected chi connectivity index (χ1v) is 10.9. The number of fused-ring (bicyclic) bond motifs is 1. The smallest absolute Gasteiger partial charge is 0.234 e. The van der Waals surface area contributed by atoms with Gasteiger partial charge in [-0.15, -0.1) is 0 Å². The number of benzene rings is 3. The lowest BCUT2D eigenvalue weighted by Gasteiger charge is -2.11. The van der Waals surface area contributed by atoms with E-state index in [9.17, 15) is 9.59 Å². The summed E-state index contributed by atoms with van der Waals surface area (Å²) in [4.78, 5) is 24.4. The van der Waals surface area contributed by atoms with Gasteiger partial charge in [-0.3, -0.25) is 9.59 Å². The van der Waals surface area contributed by atoms with Gasteiger partial charge in [0.05, 0.1) is 5.75 Å². The fourth-order valence-corrected chi connectivity index (χ4v) is 3.98. The summed E-state index contributed by atoms with van der Waals surface area (Å²) in [6, 6.07) is 19.9. The Labute approximate surface area is 176 Å². The van der Waals surface area contributed by atoms with Crippen molar-refractivity contribution in [2.75, 3.05) is 22.1 Å². The molecule has 0 bridgehead atoms. The maximum absolute atomic E-state index is 12.3. The highest BCUT2D eigenvalue weighted by atomic mass is 32.2. The van der Waals surface area contributed by atoms with Gasteiger partial charge in [-0.2, -0.15) is 11.8 Å². The molecule has 2 N–H and O–H groups in total. The van der Waals surface area contributed by atoms with E-state index < -0.39 is 0 Å². The topological polar surface area (TPSA) is 58.2 Å². The van der Waals surface area contributed by atoms with Gasteiger partial charge in [-0.1, -0.05) is 54.6 Å². The highest BCUT2D eigenvalue weighted by Gasteiger charge is 2.08. The molecule has 0 spiro atoms. The number of thioether (sulfide) groups is 1. The van der Waals surface area contributed by atoms with Crippen LogP contribution in [0.3, 0.4) is 0 Å². The number of rotatable bonds is 8. The van der Waals surface area contributed by atoms with Crippen LogP contribution in [0.2, 0.25) is 0 Å². The SMILES string of the molecule is Cc1cccc(C)c1NC(=O)CCCSCC(=O)Nc1cccc2ccccc12. The van der Waals surface area contributed by atoms with E-state index in [-0.39, 0.29) is 11.8 Å². The van der Waals surface area contributed by atoms with Crippen LogP contribution in [0.25, 0.3) is 10.8 Å². The maximum Gasteiger partial charge on any atom is 0.234 e. The molecule has 29 heavy (non-hydrogen) atoms. The summed E-state index contributed by atoms with van der Waals surface area (Å²) >= 11 is 1.55. The van der Waals surface area contributed by atoms with E-state index in [1.165, 1.54) is 0 Å². The van der Waals surface area contributed by atoms with Crippen molar-refractivity contribution in [1.29, 1.82) is 0 Å². The van der Waals surface area contributed by atoms with Crippen LogP contribution in [-0.2, 0) is 9.59 Å². The molecule has 3 aromatic rings. The van der Waals surface area contributed by atoms with Crippen molar-refractivity contribution in [1.82, 2.24) is 0 Å². The number of anilines is 2. The minimum Gasteiger partial charge on any atom is -0.326 e. The van der Waals surface area contributed by atoms with Gasteiger partial charge in [-0.05, 0) is 48.6 Å². The van der Waals surface area contributed by atoms with Gasteiger partial charge < -0.3 is 10.6 Å². The summed E-state index contributed by atoms with van der Waals surface area (Å²) in [6.07, 6.45) is 1.19. The monoisotopic (exact) mass is 406 g/mol. The summed E-state index contributed by atoms with van der Waals surface area (Å²) in [5.74, 6) is 1.14. The van der Waals surface area contributed by atoms with Crippen LogP contribution in [-0.4, -0.2) is 23.3 Å². The molecule has 4 nitrogen and oxygen atoms in total. The average molecular weight is 407 g/mol. The zero-order chi connectivity index (χ0) is 20.6. The predicted molar refractivity (Wildman–Crippen MR) is 124 cm³/mol. The minimum atomic E-state index is -0.0219. The number of hydrogen-bond acceptors (Lipinski definition) is 3. The quantitative estimate of drug-likeness (QED) is 0.482. The van der Waals surface area contributed by atoms with E-state index in [1.807, 2.05) is 74.5 Å². The van der Waals surface area contributed by atoms with E-state index in [0.717, 1.165) is 45.4 Å². The Morgan fingerprint density at radius 3 is 2.31 bits per heavy atom. The van der Waals surface area contributed by atoms with Crippen LogP contribution in [0.15, 0.2) is 60.7 Å². The van der Waals surface area contributed by atoms with Gasteiger partial charge in [0.2, 0.25) is 11.8 Å². The first-order chi connectivity index (χ1) is 14.0. The first-order valence-electron chi connectivity index (χ1n) is 9.76. The van der Waals surface area contributed by atoms with Gasteiger partial charge in [0, 0.05) is 23.2 Å². The summed E-state index contributed by atoms with van der Waals surface area (Å²) in [5.41, 5.74) is 3.87. The first kappa shape index (κ1) is 20.9. The summed E-state index contributed by atoms with van der Waals surface area (Å²) in [5, 5.41) is 8.13. The number of para-hydroxylation sites is 1. The zero-order valence-corrected chi connectivity index (χ0v) is 17.6. The van der Waals surface area contributed by atoms with Crippen molar-refractivity contribution >= 4 is 45.7 Å². The summed E-state index contributed by atoms with van der Waals surface area (Å²) in [6.45, 7) is 3.99. The lowest BCUT2D eigenvalue weighted by Crippen LogP contribution is -2.15. The molecule has 0 unspecified atom stereocenters. The van der Waals surface area contributed by atoms with Gasteiger partial charge in [0.15, 0.2) is 0 Å². The molecule has 0 aliphatic rings. The Kier molecular flexibility index (Phi) is 7.30. The molecule has 0 fully saturated rings. The standard InChI is InChI=1S/C24H26N2O2S/c1-17-8-5-9-18(2)24(17)26-22(27)14-7-15-29-16-23(28)25-21-13-6-11-19-10-3-4-12-20(19)21/h3-6,8-13H,7,14-16H2,1-2H3,(H,25,28)(H,26,27). The molecule has 0 heterocycles. The number of aryl methyl sites for hydroxylation is 2. The predicted octanol–water partition coefficient (Wildman–Crippen LogP) is 5.55. The molecule has 0 aromatic heterocycles. The molecule has 0 saturated heterocycles. The molecular weight excluding hydrogens is 380 g/mol. The average Bonchev–Trinajstić information content (AvgIpc) is 2.71. The Morgan fingerprint density at radius 2 is 1.52 bits per heavy atom. The third kappa shape index (κ3) is 5.84. The van der Waals surface area contributed by atoms with Crippen molar-refractivity contribution in [2.45, 2.75) is 26.7 Å². The van der Waals surface area contributed by atoms with Gasteiger partial charge in [0.1, 0.15) is 0 Å². The summed E-state index contributed by atoms with van der Waals surface area (Å²) < 4.78 is 0. The number of amides is 2. The van der Waals surface area contributed by atoms with Crippen LogP contribution in [0.5, 0.6) is 0 Å². The molecule has 0 atom stereocenters. The van der Waals surface area contributed by atoms with Crippen LogP contribution in [0.4, 0.5) is 11.4 Å². The Bertz CT molecular complexity index is 991. The van der Waals surface area contributed by atoms with E-state index in [1.54, 1.807) is 11.8 Å². The Morgan fingerprint density at radius 1 is 0.828 bits per heavy atom. The van der Waals surface area contributed by atoms with E-state index in [4.69, 9.17) is 0 Å². The number of carbonyl (C=O) groups excluding carboxylic acids is 2. The Hall–Kier alpha value is -2.79. The molecule has 0 saturated carbocycles. The molecule has 3 aromatic carbocycles. The highest BCUT2D eigenvalue weighted by Crippen LogP contribution is 2.23. The number of hydrogen-bond donors (Lipinski definition) is 2. The molecular formula is C24H26N2O2S. The fraction of sp³-hybridized carbons (Fsp3) is 0.250. The second kappa shape index (κ2) is 10.1. The zero-order valence-electron chi connectivity index (χ0n) is 16.8. The second-order valence-electron chi connectivity index (χ2n) is 7.05. The molecule has 0 radical (unpaired) electrons. The van der Waals surface area contributed by atoms with Gasteiger partial charge in [0.25, 0.3) is 0 Å². The molecule has 2 amide bonds. The van der Waals surface area contributed by atoms with Crippen LogP contribution in [0.1, 0.15) is 24.0 Å². The fourth-order valence-electron chi connectivity index (χ4n) is 3.23. The van der Waals surface area contributed by atoms with Crippen molar-refractivity contribution in [3.63, 3.8) is 0 Å². The van der Waals surface area contributed by atoms with Gasteiger partial charge in [-0.25, -0.2) is 0 Å². The van der Waals surface area contributed by atoms with Gasteiger partial charge >= 0.3 is 0 Å². The second-order valence-corrected chi connectivity index (χ2v) is 8.15. The maximum atomic E-state index is 12.3. The van der Waals surface area contributed by atoms with Crippen molar-refractivity contribution in [2.24, 2.45) is 0 Å². The molecule has 150 valence electrons. The number of nitrogens with one attached hydrogen (secondary N) is 2. The lowest BCUT2D eigenvalue weighted by atomic mass is 10.1. The van der Waals surface area contributed by atoms with Crippen LogP contribution in [0, 0.1) is 13.8 Å². The third-order valence-electron chi connectivity index (χ3n) is 4.73. The third-order valence-corrected chi connectivity index (χ3v) is 5.78. The number of carbonyl (C=O) groups is 2. The highest BCUT2D eigenvalue weighted by molar-refractivity contribution is 7.99. The van der Waals surface area contributed by atoms with E-state index in [0.29, 0.717) is 12.2 Å². The van der Waals surface area contributed by atoms with E-state index >= 15 is 0 Å². The largest absolute Gasteiger partial charge is 0.326 e. The van der Waals surface area contributed by atoms with Crippen LogP contribution < -0.4 is 10.6 Å². The van der Waals surface area contributed by atoms with E-state index in [2.05, 4.69) is 10.6 Å². The van der Waals surface area contributed by atoms with Crippen molar-refractivity contribution in [3.05, 3.63) is 71.8 Å². The minimum absolute atomic E-state index is 0.0169. The van der Waals surface area contributed by atoms with Crippen molar-refractivity contribution in [3.8, 4) is 0 Å². The lowest BCUT2D eigenvalue weighted by molar-refractivity contribution is -0.116. The van der Waals surface area contributed by atoms with Crippen LogP contribution >= 0.6 is 11.8 Å². The molecule has 5 heteroatoms. The molecule has 0 aliphatic heterocycles. The normalized spacial score (nSPS) is 10.7. The molecule has 3 rings (SSSR count). The molecule has 0 aliphatic carbocycles. The Balaban J connectivity index is 1.39.